The average Bonchev–Trinajstić information content (AvgIpc) is 2.34. The number of aliphatic hydroxyl groups is 1. The lowest BCUT2D eigenvalue weighted by atomic mass is 9.96. The van der Waals surface area contributed by atoms with Gasteiger partial charge in [0.25, 0.3) is 0 Å². The lowest BCUT2D eigenvalue weighted by molar-refractivity contribution is -0.158. The summed E-state index contributed by atoms with van der Waals surface area (Å²) in [6, 6.07) is 0. The molecule has 0 heterocycles. The molecular formula is C15H24O4. The molecule has 0 saturated heterocycles. The molecule has 0 bridgehead atoms. The Morgan fingerprint density at radius 3 is 2.58 bits per heavy atom. The molecule has 0 spiro atoms. The van der Waals surface area contributed by atoms with Gasteiger partial charge in [0.2, 0.25) is 0 Å². The van der Waals surface area contributed by atoms with Crippen molar-refractivity contribution in [3.8, 4) is 0 Å². The molecule has 4 nitrogen and oxygen atoms in total. The molecule has 108 valence electrons. The Labute approximate surface area is 115 Å². The minimum absolute atomic E-state index is 0.0623. The normalized spacial score (nSPS) is 16.2. The Kier molecular flexibility index (Phi) is 5.60. The molecule has 4 heteroatoms. The molecule has 0 aromatic carbocycles. The van der Waals surface area contributed by atoms with Crippen LogP contribution >= 0.6 is 0 Å². The van der Waals surface area contributed by atoms with Crippen LogP contribution in [0.5, 0.6) is 0 Å². The van der Waals surface area contributed by atoms with Gasteiger partial charge in [-0.2, -0.15) is 0 Å². The Bertz CT molecular complexity index is 385. The molecule has 0 aromatic heterocycles. The van der Waals surface area contributed by atoms with Crippen molar-refractivity contribution in [2.24, 2.45) is 0 Å². The quantitative estimate of drug-likeness (QED) is 0.779. The van der Waals surface area contributed by atoms with Crippen LogP contribution in [0.15, 0.2) is 23.0 Å². The first-order valence-corrected chi connectivity index (χ1v) is 6.72. The van der Waals surface area contributed by atoms with Gasteiger partial charge in [0.05, 0.1) is 6.61 Å². The summed E-state index contributed by atoms with van der Waals surface area (Å²) in [6.45, 7) is 7.38. The van der Waals surface area contributed by atoms with Crippen LogP contribution in [0, 0.1) is 0 Å². The summed E-state index contributed by atoms with van der Waals surface area (Å²) in [7, 11) is 0. The fraction of sp³-hybridized carbons (Fsp3) is 0.667. The van der Waals surface area contributed by atoms with Gasteiger partial charge in [-0.3, -0.25) is 0 Å². The maximum absolute atomic E-state index is 11.6. The van der Waals surface area contributed by atoms with Gasteiger partial charge in [-0.15, -0.1) is 0 Å². The van der Waals surface area contributed by atoms with E-state index in [1.807, 2.05) is 26.8 Å². The third-order valence-corrected chi connectivity index (χ3v) is 2.82. The zero-order valence-electron chi connectivity index (χ0n) is 12.3. The highest BCUT2D eigenvalue weighted by molar-refractivity contribution is 5.71. The molecule has 19 heavy (non-hydrogen) atoms. The number of carbonyl (C=O) groups is 1. The molecule has 1 rings (SSSR count). The van der Waals surface area contributed by atoms with Gasteiger partial charge in [0.1, 0.15) is 11.4 Å². The molecule has 0 radical (unpaired) electrons. The molecule has 0 fully saturated rings. The van der Waals surface area contributed by atoms with E-state index in [-0.39, 0.29) is 19.2 Å². The Morgan fingerprint density at radius 1 is 1.37 bits per heavy atom. The van der Waals surface area contributed by atoms with Crippen LogP contribution in [0.3, 0.4) is 0 Å². The maximum Gasteiger partial charge on any atom is 0.344 e. The highest BCUT2D eigenvalue weighted by Gasteiger charge is 2.19. The van der Waals surface area contributed by atoms with Crippen molar-refractivity contribution < 1.29 is 19.4 Å². The van der Waals surface area contributed by atoms with Gasteiger partial charge >= 0.3 is 5.97 Å². The zero-order valence-corrected chi connectivity index (χ0v) is 12.3. The lowest BCUT2D eigenvalue weighted by Gasteiger charge is -2.22. The number of aliphatic hydroxyl groups excluding tert-OH is 1. The van der Waals surface area contributed by atoms with E-state index in [0.717, 1.165) is 24.8 Å². The Balaban J connectivity index is 2.59. The van der Waals surface area contributed by atoms with Crippen molar-refractivity contribution in [3.63, 3.8) is 0 Å². The van der Waals surface area contributed by atoms with E-state index in [4.69, 9.17) is 9.47 Å². The summed E-state index contributed by atoms with van der Waals surface area (Å²) >= 11 is 0. The SMILES string of the molecule is CCC1=CC(CO)=C(OCC(=O)OC(C)(C)C)CC1. The van der Waals surface area contributed by atoms with Gasteiger partial charge in [-0.25, -0.2) is 4.79 Å². The minimum Gasteiger partial charge on any atom is -0.486 e. The van der Waals surface area contributed by atoms with Crippen molar-refractivity contribution in [2.45, 2.75) is 52.6 Å². The van der Waals surface area contributed by atoms with E-state index in [1.165, 1.54) is 5.57 Å². The number of allylic oxidation sites excluding steroid dienone is 2. The van der Waals surface area contributed by atoms with E-state index in [9.17, 15) is 9.90 Å². The molecule has 0 atom stereocenters. The molecule has 1 aliphatic carbocycles. The first kappa shape index (κ1) is 15.8. The summed E-state index contributed by atoms with van der Waals surface area (Å²) < 4.78 is 10.7. The van der Waals surface area contributed by atoms with Gasteiger partial charge in [-0.1, -0.05) is 18.6 Å². The second-order valence-electron chi connectivity index (χ2n) is 5.64. The van der Waals surface area contributed by atoms with Crippen molar-refractivity contribution in [1.82, 2.24) is 0 Å². The van der Waals surface area contributed by atoms with E-state index >= 15 is 0 Å². The second-order valence-corrected chi connectivity index (χ2v) is 5.64. The molecule has 0 amide bonds. The largest absolute Gasteiger partial charge is 0.486 e. The summed E-state index contributed by atoms with van der Waals surface area (Å²) in [5.41, 5.74) is 1.57. The van der Waals surface area contributed by atoms with Crippen molar-refractivity contribution in [3.05, 3.63) is 23.0 Å². The summed E-state index contributed by atoms with van der Waals surface area (Å²) in [5.74, 6) is 0.313. The highest BCUT2D eigenvalue weighted by Crippen LogP contribution is 2.26. The fourth-order valence-electron chi connectivity index (χ4n) is 1.93. The minimum atomic E-state index is -0.503. The predicted molar refractivity (Wildman–Crippen MR) is 73.5 cm³/mol. The van der Waals surface area contributed by atoms with Crippen LogP contribution in [-0.2, 0) is 14.3 Å². The summed E-state index contributed by atoms with van der Waals surface area (Å²) in [6.07, 6.45) is 4.60. The van der Waals surface area contributed by atoms with E-state index in [2.05, 4.69) is 6.92 Å². The maximum atomic E-state index is 11.6. The lowest BCUT2D eigenvalue weighted by Crippen LogP contribution is -2.26. The number of ether oxygens (including phenoxy) is 2. The third kappa shape index (κ3) is 5.47. The Hall–Kier alpha value is -1.29. The number of carbonyl (C=O) groups excluding carboxylic acids is 1. The summed E-state index contributed by atoms with van der Waals surface area (Å²) in [5, 5.41) is 9.33. The highest BCUT2D eigenvalue weighted by atomic mass is 16.6. The fourth-order valence-corrected chi connectivity index (χ4v) is 1.93. The van der Waals surface area contributed by atoms with Gasteiger partial charge in [0, 0.05) is 12.0 Å². The van der Waals surface area contributed by atoms with Crippen LogP contribution in [0.4, 0.5) is 0 Å². The molecule has 0 aromatic rings. The average molecular weight is 268 g/mol. The first-order chi connectivity index (χ1) is 8.85. The summed E-state index contributed by atoms with van der Waals surface area (Å²) in [4.78, 5) is 11.6. The van der Waals surface area contributed by atoms with Gasteiger partial charge in [-0.05, 0) is 33.6 Å². The second kappa shape index (κ2) is 6.75. The van der Waals surface area contributed by atoms with Crippen LogP contribution in [0.2, 0.25) is 0 Å². The molecular weight excluding hydrogens is 244 g/mol. The Morgan fingerprint density at radius 2 is 2.05 bits per heavy atom. The predicted octanol–water partition coefficient (Wildman–Crippen LogP) is 2.72. The first-order valence-electron chi connectivity index (χ1n) is 6.72. The van der Waals surface area contributed by atoms with Crippen LogP contribution in [0.25, 0.3) is 0 Å². The number of rotatable bonds is 5. The van der Waals surface area contributed by atoms with Crippen LogP contribution in [0.1, 0.15) is 47.0 Å². The topological polar surface area (TPSA) is 55.8 Å². The molecule has 0 unspecified atom stereocenters. The standard InChI is InChI=1S/C15H24O4/c1-5-11-6-7-13(12(8-11)9-16)18-10-14(17)19-15(2,3)4/h8,16H,5-7,9-10H2,1-4H3. The monoisotopic (exact) mass is 268 g/mol. The van der Waals surface area contributed by atoms with E-state index < -0.39 is 5.60 Å². The molecule has 0 aliphatic heterocycles. The van der Waals surface area contributed by atoms with E-state index in [1.54, 1.807) is 0 Å². The van der Waals surface area contributed by atoms with Crippen molar-refractivity contribution in [1.29, 1.82) is 0 Å². The molecule has 0 saturated carbocycles. The van der Waals surface area contributed by atoms with Gasteiger partial charge < -0.3 is 14.6 Å². The van der Waals surface area contributed by atoms with Gasteiger partial charge in [0.15, 0.2) is 6.61 Å². The number of hydrogen-bond donors (Lipinski definition) is 1. The number of hydrogen-bond acceptors (Lipinski definition) is 4. The molecule has 1 aliphatic rings. The van der Waals surface area contributed by atoms with Crippen molar-refractivity contribution in [2.75, 3.05) is 13.2 Å². The zero-order chi connectivity index (χ0) is 14.5. The number of esters is 1. The van der Waals surface area contributed by atoms with E-state index in [0.29, 0.717) is 5.76 Å². The third-order valence-electron chi connectivity index (χ3n) is 2.82. The van der Waals surface area contributed by atoms with Crippen LogP contribution < -0.4 is 0 Å². The molecule has 1 N–H and O–H groups in total. The van der Waals surface area contributed by atoms with Crippen molar-refractivity contribution >= 4 is 5.97 Å². The van der Waals surface area contributed by atoms with Crippen LogP contribution in [-0.4, -0.2) is 29.9 Å². The smallest absolute Gasteiger partial charge is 0.344 e.